The topological polar surface area (TPSA) is 29.5 Å². The normalized spacial score (nSPS) is 19.7. The Balaban J connectivity index is 1.82. The first kappa shape index (κ1) is 22.3. The Morgan fingerprint density at radius 3 is 1.93 bits per heavy atom. The average molecular weight is 432 g/mol. The first-order chi connectivity index (χ1) is 14.1. The van der Waals surface area contributed by atoms with Gasteiger partial charge >= 0.3 is 6.11 Å². The van der Waals surface area contributed by atoms with Crippen molar-refractivity contribution in [2.75, 3.05) is 0 Å². The molecule has 164 valence electrons. The lowest BCUT2D eigenvalue weighted by atomic mass is 9.77. The molecule has 2 nitrogen and oxygen atoms in total. The number of rotatable bonds is 6. The molecule has 0 unspecified atom stereocenters. The molecule has 1 fully saturated rings. The van der Waals surface area contributed by atoms with Gasteiger partial charge in [0.2, 0.25) is 0 Å². The lowest BCUT2D eigenvalue weighted by Crippen LogP contribution is -2.26. The van der Waals surface area contributed by atoms with Crippen LogP contribution in [0.2, 0.25) is 0 Å². The number of ether oxygens (including phenoxy) is 1. The van der Waals surface area contributed by atoms with E-state index in [0.29, 0.717) is 23.6 Å². The molecule has 0 saturated heterocycles. The first-order valence-electron chi connectivity index (χ1n) is 9.86. The molecule has 0 aromatic heterocycles. The summed E-state index contributed by atoms with van der Waals surface area (Å²) in [5, 5.41) is 9.02. The Hall–Kier alpha value is -2.38. The molecule has 0 heterocycles. The highest BCUT2D eigenvalue weighted by molar-refractivity contribution is 5.36. The summed E-state index contributed by atoms with van der Waals surface area (Å²) in [6, 6.07) is 2.34. The second-order valence-electron chi connectivity index (χ2n) is 7.72. The molecule has 0 bridgehead atoms. The summed E-state index contributed by atoms with van der Waals surface area (Å²) in [4.78, 5) is 0. The summed E-state index contributed by atoms with van der Waals surface area (Å²) in [5.74, 6) is -8.02. The molecule has 2 aromatic carbocycles. The summed E-state index contributed by atoms with van der Waals surface area (Å²) >= 11 is 0. The predicted molar refractivity (Wildman–Crippen MR) is 98.5 cm³/mol. The maximum atomic E-state index is 14.5. The van der Waals surface area contributed by atoms with Gasteiger partial charge in [0.05, 0.1) is 0 Å². The molecule has 1 N–H and O–H groups in total. The molecule has 1 aliphatic rings. The van der Waals surface area contributed by atoms with Gasteiger partial charge in [0.25, 0.3) is 0 Å². The molecule has 30 heavy (non-hydrogen) atoms. The van der Waals surface area contributed by atoms with Crippen LogP contribution in [0.25, 0.3) is 0 Å². The van der Waals surface area contributed by atoms with Crippen molar-refractivity contribution in [1.82, 2.24) is 0 Å². The third-order valence-electron chi connectivity index (χ3n) is 5.61. The monoisotopic (exact) mass is 432 g/mol. The zero-order valence-corrected chi connectivity index (χ0v) is 16.3. The quantitative estimate of drug-likeness (QED) is 0.491. The molecule has 1 saturated carbocycles. The van der Waals surface area contributed by atoms with E-state index in [1.807, 2.05) is 0 Å². The Morgan fingerprint density at radius 1 is 0.900 bits per heavy atom. The van der Waals surface area contributed by atoms with E-state index in [9.17, 15) is 26.3 Å². The third-order valence-corrected chi connectivity index (χ3v) is 5.61. The van der Waals surface area contributed by atoms with E-state index in [2.05, 4.69) is 11.7 Å². The molecule has 0 aliphatic heterocycles. The number of benzene rings is 2. The van der Waals surface area contributed by atoms with Crippen LogP contribution >= 0.6 is 0 Å². The van der Waals surface area contributed by atoms with Crippen molar-refractivity contribution in [1.29, 1.82) is 0 Å². The Morgan fingerprint density at radius 2 is 1.43 bits per heavy atom. The fourth-order valence-electron chi connectivity index (χ4n) is 4.10. The number of hydrogen-bond acceptors (Lipinski definition) is 2. The molecule has 2 aromatic rings. The van der Waals surface area contributed by atoms with Crippen molar-refractivity contribution in [2.24, 2.45) is 5.92 Å². The van der Waals surface area contributed by atoms with E-state index in [-0.39, 0.29) is 5.92 Å². The molecule has 0 amide bonds. The van der Waals surface area contributed by atoms with Crippen molar-refractivity contribution in [3.63, 3.8) is 0 Å². The molecule has 1 aliphatic carbocycles. The van der Waals surface area contributed by atoms with Gasteiger partial charge in [0, 0.05) is 12.1 Å². The van der Waals surface area contributed by atoms with Gasteiger partial charge in [0.1, 0.15) is 22.9 Å². The predicted octanol–water partition coefficient (Wildman–Crippen LogP) is 7.15. The van der Waals surface area contributed by atoms with Gasteiger partial charge in [-0.3, -0.25) is 0 Å². The van der Waals surface area contributed by atoms with E-state index in [0.717, 1.165) is 50.7 Å². The maximum Gasteiger partial charge on any atom is 0.432 e. The van der Waals surface area contributed by atoms with Gasteiger partial charge < -0.3 is 9.84 Å². The van der Waals surface area contributed by atoms with Crippen molar-refractivity contribution in [3.8, 4) is 11.5 Å². The van der Waals surface area contributed by atoms with Crippen LogP contribution in [0.1, 0.15) is 62.5 Å². The van der Waals surface area contributed by atoms with Crippen LogP contribution in [0.4, 0.5) is 26.3 Å². The van der Waals surface area contributed by atoms with E-state index >= 15 is 0 Å². The van der Waals surface area contributed by atoms with E-state index in [1.54, 1.807) is 0 Å². The minimum Gasteiger partial charge on any atom is -0.503 e. The van der Waals surface area contributed by atoms with Gasteiger partial charge in [0.15, 0.2) is 17.4 Å². The van der Waals surface area contributed by atoms with Gasteiger partial charge in [-0.1, -0.05) is 19.8 Å². The second kappa shape index (κ2) is 8.78. The van der Waals surface area contributed by atoms with E-state index in [4.69, 9.17) is 5.11 Å². The van der Waals surface area contributed by atoms with Gasteiger partial charge in [-0.25, -0.2) is 17.6 Å². The minimum absolute atomic E-state index is 0.119. The third kappa shape index (κ3) is 4.68. The standard InChI is InChI=1S/C22H22F6O2/c1-2-3-12-4-6-13(7-5-12)14-8-16(23)20(17(24)9-14)22(27,28)30-15-10-18(25)21(29)19(26)11-15/h8-13,29H,2-7H2,1H3. The number of aromatic hydroxyl groups is 1. The van der Waals surface area contributed by atoms with Crippen molar-refractivity contribution >= 4 is 0 Å². The molecule has 0 atom stereocenters. The minimum atomic E-state index is -4.53. The highest BCUT2D eigenvalue weighted by atomic mass is 19.3. The average Bonchev–Trinajstić information content (AvgIpc) is 2.65. The Bertz CT molecular complexity index is 860. The van der Waals surface area contributed by atoms with Gasteiger partial charge in [-0.05, 0) is 55.2 Å². The van der Waals surface area contributed by atoms with E-state index < -0.39 is 46.4 Å². The SMILES string of the molecule is CCCC1CCC(c2cc(F)c(C(F)(F)Oc3cc(F)c(O)c(F)c3)c(F)c2)CC1. The zero-order valence-electron chi connectivity index (χ0n) is 16.3. The molecular weight excluding hydrogens is 410 g/mol. The summed E-state index contributed by atoms with van der Waals surface area (Å²) in [6.45, 7) is 2.10. The van der Waals surface area contributed by atoms with Crippen LogP contribution < -0.4 is 4.74 Å². The van der Waals surface area contributed by atoms with E-state index in [1.165, 1.54) is 0 Å². The highest BCUT2D eigenvalue weighted by Crippen LogP contribution is 2.41. The van der Waals surface area contributed by atoms with Crippen LogP contribution in [-0.2, 0) is 6.11 Å². The number of phenols is 1. The van der Waals surface area contributed by atoms with Crippen molar-refractivity contribution in [2.45, 2.75) is 57.5 Å². The molecule has 8 heteroatoms. The fraction of sp³-hybridized carbons (Fsp3) is 0.455. The smallest absolute Gasteiger partial charge is 0.432 e. The molecule has 0 spiro atoms. The van der Waals surface area contributed by atoms with Crippen LogP contribution in [-0.4, -0.2) is 5.11 Å². The largest absolute Gasteiger partial charge is 0.503 e. The summed E-state index contributed by atoms with van der Waals surface area (Å²) in [6.07, 6.45) is 0.917. The zero-order chi connectivity index (χ0) is 22.1. The number of phenolic OH excluding ortho intramolecular Hbond substituents is 1. The summed E-state index contributed by atoms with van der Waals surface area (Å²) in [5.41, 5.74) is -1.33. The van der Waals surface area contributed by atoms with Crippen molar-refractivity contribution in [3.05, 3.63) is 58.7 Å². The van der Waals surface area contributed by atoms with Crippen molar-refractivity contribution < 1.29 is 36.2 Å². The van der Waals surface area contributed by atoms with Crippen LogP contribution in [0.3, 0.4) is 0 Å². The molecule has 3 rings (SSSR count). The lowest BCUT2D eigenvalue weighted by molar-refractivity contribution is -0.189. The summed E-state index contributed by atoms with van der Waals surface area (Å²) in [7, 11) is 0. The first-order valence-corrected chi connectivity index (χ1v) is 9.86. The maximum absolute atomic E-state index is 14.5. The van der Waals surface area contributed by atoms with Gasteiger partial charge in [-0.2, -0.15) is 8.78 Å². The lowest BCUT2D eigenvalue weighted by Gasteiger charge is -2.29. The Labute approximate surface area is 170 Å². The number of halogens is 6. The number of alkyl halides is 2. The fourth-order valence-corrected chi connectivity index (χ4v) is 4.10. The van der Waals surface area contributed by atoms with Crippen LogP contribution in [0.15, 0.2) is 24.3 Å². The van der Waals surface area contributed by atoms with Crippen LogP contribution in [0, 0.1) is 29.2 Å². The summed E-state index contributed by atoms with van der Waals surface area (Å²) < 4.78 is 88.7. The molecule has 0 radical (unpaired) electrons. The van der Waals surface area contributed by atoms with Gasteiger partial charge in [-0.15, -0.1) is 0 Å². The Kier molecular flexibility index (Phi) is 6.53. The highest BCUT2D eigenvalue weighted by Gasteiger charge is 2.42. The second-order valence-corrected chi connectivity index (χ2v) is 7.72. The number of hydrogen-bond donors (Lipinski definition) is 1. The van der Waals surface area contributed by atoms with Crippen LogP contribution in [0.5, 0.6) is 11.5 Å². The molecular formula is C22H22F6O2.